The van der Waals surface area contributed by atoms with Gasteiger partial charge in [-0.15, -0.1) is 0 Å². The average molecular weight is 413 g/mol. The van der Waals surface area contributed by atoms with Crippen molar-refractivity contribution in [2.24, 2.45) is 0 Å². The van der Waals surface area contributed by atoms with Gasteiger partial charge in [-0.25, -0.2) is 13.1 Å². The van der Waals surface area contributed by atoms with E-state index in [0.717, 1.165) is 18.7 Å². The number of hydrogen-bond acceptors (Lipinski definition) is 3. The fraction of sp³-hybridized carbons (Fsp3) is 0.368. The first-order valence-corrected chi connectivity index (χ1v) is 11.0. The number of anilines is 1. The molecule has 0 aromatic heterocycles. The van der Waals surface area contributed by atoms with Crippen LogP contribution >= 0.6 is 23.2 Å². The number of piperidine rings is 1. The number of nitrogens with zero attached hydrogens (tertiary/aromatic N) is 1. The largest absolute Gasteiger partial charge is 0.372 e. The number of benzene rings is 2. The zero-order valence-electron chi connectivity index (χ0n) is 14.4. The summed E-state index contributed by atoms with van der Waals surface area (Å²) in [4.78, 5) is 2.41. The van der Waals surface area contributed by atoms with E-state index in [1.165, 1.54) is 37.1 Å². The molecule has 0 saturated carbocycles. The monoisotopic (exact) mass is 412 g/mol. The average Bonchev–Trinajstić information content (AvgIpc) is 2.65. The molecule has 2 aromatic carbocycles. The Morgan fingerprint density at radius 2 is 1.65 bits per heavy atom. The van der Waals surface area contributed by atoms with Gasteiger partial charge in [0.2, 0.25) is 10.0 Å². The minimum absolute atomic E-state index is 0.00659. The molecule has 1 aliphatic rings. The van der Waals surface area contributed by atoms with Gasteiger partial charge in [-0.2, -0.15) is 0 Å². The van der Waals surface area contributed by atoms with Crippen LogP contribution in [-0.2, 0) is 16.4 Å². The standard InChI is InChI=1S/C19H22Cl2N2O2S/c20-16-6-9-18(21)19(14-16)26(24,25)22-11-10-15-4-7-17(8-5-15)23-12-2-1-3-13-23/h4-9,14,22H,1-3,10-13H2. The van der Waals surface area contributed by atoms with E-state index in [9.17, 15) is 8.42 Å². The fourth-order valence-corrected chi connectivity index (χ4v) is 4.91. The first-order chi connectivity index (χ1) is 12.5. The van der Waals surface area contributed by atoms with Crippen LogP contribution < -0.4 is 9.62 Å². The highest BCUT2D eigenvalue weighted by molar-refractivity contribution is 7.89. The topological polar surface area (TPSA) is 49.4 Å². The van der Waals surface area contributed by atoms with E-state index in [4.69, 9.17) is 23.2 Å². The van der Waals surface area contributed by atoms with Crippen molar-refractivity contribution in [3.05, 3.63) is 58.1 Å². The SMILES string of the molecule is O=S(=O)(NCCc1ccc(N2CCCCC2)cc1)c1cc(Cl)ccc1Cl. The molecule has 4 nitrogen and oxygen atoms in total. The Kier molecular flexibility index (Phi) is 6.46. The van der Waals surface area contributed by atoms with E-state index in [-0.39, 0.29) is 9.92 Å². The van der Waals surface area contributed by atoms with Gasteiger partial charge in [0.25, 0.3) is 0 Å². The van der Waals surface area contributed by atoms with Crippen LogP contribution in [0.25, 0.3) is 0 Å². The van der Waals surface area contributed by atoms with Gasteiger partial charge in [0.05, 0.1) is 5.02 Å². The molecule has 1 saturated heterocycles. The summed E-state index contributed by atoms with van der Waals surface area (Å²) in [5.74, 6) is 0. The smallest absolute Gasteiger partial charge is 0.242 e. The lowest BCUT2D eigenvalue weighted by molar-refractivity contribution is 0.577. The lowest BCUT2D eigenvalue weighted by Gasteiger charge is -2.28. The lowest BCUT2D eigenvalue weighted by Crippen LogP contribution is -2.29. The molecule has 0 atom stereocenters. The molecule has 3 rings (SSSR count). The van der Waals surface area contributed by atoms with E-state index < -0.39 is 10.0 Å². The molecule has 140 valence electrons. The molecule has 2 aromatic rings. The predicted molar refractivity (Wildman–Crippen MR) is 108 cm³/mol. The highest BCUT2D eigenvalue weighted by atomic mass is 35.5. The fourth-order valence-electron chi connectivity index (χ4n) is 3.12. The third-order valence-corrected chi connectivity index (χ3v) is 6.72. The normalized spacial score (nSPS) is 15.2. The molecular formula is C19H22Cl2N2O2S. The summed E-state index contributed by atoms with van der Waals surface area (Å²) in [6, 6.07) is 12.8. The maximum absolute atomic E-state index is 12.4. The molecule has 0 spiro atoms. The van der Waals surface area contributed by atoms with Crippen LogP contribution in [-0.4, -0.2) is 28.1 Å². The molecule has 0 radical (unpaired) electrons. The van der Waals surface area contributed by atoms with Crippen LogP contribution in [0.3, 0.4) is 0 Å². The van der Waals surface area contributed by atoms with Crippen molar-refractivity contribution in [1.29, 1.82) is 0 Å². The van der Waals surface area contributed by atoms with Crippen molar-refractivity contribution < 1.29 is 8.42 Å². The van der Waals surface area contributed by atoms with Crippen molar-refractivity contribution in [1.82, 2.24) is 4.72 Å². The van der Waals surface area contributed by atoms with Crippen molar-refractivity contribution in [3.63, 3.8) is 0 Å². The van der Waals surface area contributed by atoms with Gasteiger partial charge >= 0.3 is 0 Å². The van der Waals surface area contributed by atoms with Crippen LogP contribution in [0.5, 0.6) is 0 Å². The zero-order valence-corrected chi connectivity index (χ0v) is 16.7. The van der Waals surface area contributed by atoms with Gasteiger partial charge in [0.15, 0.2) is 0 Å². The quantitative estimate of drug-likeness (QED) is 0.759. The van der Waals surface area contributed by atoms with E-state index in [0.29, 0.717) is 18.0 Å². The highest BCUT2D eigenvalue weighted by Crippen LogP contribution is 2.25. The van der Waals surface area contributed by atoms with Crippen molar-refractivity contribution >= 4 is 38.9 Å². The van der Waals surface area contributed by atoms with Crippen LogP contribution in [0.2, 0.25) is 10.0 Å². The third kappa shape index (κ3) is 4.92. The Bertz CT molecular complexity index is 848. The zero-order chi connectivity index (χ0) is 18.6. The Hall–Kier alpha value is -1.27. The summed E-state index contributed by atoms with van der Waals surface area (Å²) in [6.07, 6.45) is 4.41. The van der Waals surface area contributed by atoms with Crippen LogP contribution in [0.15, 0.2) is 47.4 Å². The number of rotatable bonds is 6. The van der Waals surface area contributed by atoms with Crippen LogP contribution in [0.1, 0.15) is 24.8 Å². The van der Waals surface area contributed by atoms with Gasteiger partial charge in [-0.3, -0.25) is 0 Å². The summed E-state index contributed by atoms with van der Waals surface area (Å²) < 4.78 is 27.4. The maximum atomic E-state index is 12.4. The van der Waals surface area contributed by atoms with E-state index in [1.807, 2.05) is 0 Å². The van der Waals surface area contributed by atoms with Crippen LogP contribution in [0.4, 0.5) is 5.69 Å². The van der Waals surface area contributed by atoms with Gasteiger partial charge < -0.3 is 4.90 Å². The van der Waals surface area contributed by atoms with E-state index in [1.54, 1.807) is 6.07 Å². The number of nitrogens with one attached hydrogen (secondary N) is 1. The summed E-state index contributed by atoms with van der Waals surface area (Å²) in [5.41, 5.74) is 2.32. The third-order valence-electron chi connectivity index (χ3n) is 4.55. The molecule has 0 aliphatic carbocycles. The van der Waals surface area contributed by atoms with Crippen molar-refractivity contribution in [2.45, 2.75) is 30.6 Å². The summed E-state index contributed by atoms with van der Waals surface area (Å²) in [7, 11) is -3.68. The Morgan fingerprint density at radius 3 is 2.35 bits per heavy atom. The van der Waals surface area contributed by atoms with Crippen molar-refractivity contribution in [3.8, 4) is 0 Å². The molecule has 7 heteroatoms. The maximum Gasteiger partial charge on any atom is 0.242 e. The Labute approximate surface area is 165 Å². The summed E-state index contributed by atoms with van der Waals surface area (Å²) in [6.45, 7) is 2.52. The predicted octanol–water partition coefficient (Wildman–Crippen LogP) is 4.50. The van der Waals surface area contributed by atoms with Gasteiger partial charge in [-0.1, -0.05) is 35.3 Å². The van der Waals surface area contributed by atoms with Gasteiger partial charge in [0, 0.05) is 30.3 Å². The first-order valence-electron chi connectivity index (χ1n) is 8.74. The minimum Gasteiger partial charge on any atom is -0.372 e. The lowest BCUT2D eigenvalue weighted by atomic mass is 10.1. The molecule has 0 unspecified atom stereocenters. The summed E-state index contributed by atoms with van der Waals surface area (Å²) in [5, 5.41) is 0.496. The second-order valence-corrected chi connectivity index (χ2v) is 9.02. The molecule has 1 aliphatic heterocycles. The Balaban J connectivity index is 1.58. The molecule has 1 N–H and O–H groups in total. The number of halogens is 2. The summed E-state index contributed by atoms with van der Waals surface area (Å²) >= 11 is 11.9. The van der Waals surface area contributed by atoms with Gasteiger partial charge in [-0.05, 0) is 61.6 Å². The molecule has 0 amide bonds. The Morgan fingerprint density at radius 1 is 0.962 bits per heavy atom. The minimum atomic E-state index is -3.68. The van der Waals surface area contributed by atoms with Crippen LogP contribution in [0, 0.1) is 0 Å². The molecular weight excluding hydrogens is 391 g/mol. The van der Waals surface area contributed by atoms with E-state index >= 15 is 0 Å². The molecule has 1 heterocycles. The molecule has 1 fully saturated rings. The van der Waals surface area contributed by atoms with Crippen molar-refractivity contribution in [2.75, 3.05) is 24.5 Å². The van der Waals surface area contributed by atoms with Gasteiger partial charge in [0.1, 0.15) is 4.90 Å². The highest BCUT2D eigenvalue weighted by Gasteiger charge is 2.18. The second-order valence-electron chi connectivity index (χ2n) is 6.44. The number of hydrogen-bond donors (Lipinski definition) is 1. The molecule has 26 heavy (non-hydrogen) atoms. The number of sulfonamides is 1. The second kappa shape index (κ2) is 8.61. The molecule has 0 bridgehead atoms. The first kappa shape index (κ1) is 19.5. The van der Waals surface area contributed by atoms with E-state index in [2.05, 4.69) is 33.9 Å².